The first-order valence-electron chi connectivity index (χ1n) is 3.28. The smallest absolute Gasteiger partial charge is 0.309 e. The summed E-state index contributed by atoms with van der Waals surface area (Å²) in [5.41, 5.74) is 0. The zero-order valence-electron chi connectivity index (χ0n) is 6.25. The van der Waals surface area contributed by atoms with E-state index in [1.165, 1.54) is 6.08 Å². The van der Waals surface area contributed by atoms with E-state index in [1.807, 2.05) is 0 Å². The summed E-state index contributed by atoms with van der Waals surface area (Å²) in [7, 11) is 0. The van der Waals surface area contributed by atoms with Gasteiger partial charge < -0.3 is 4.74 Å². The number of allylic oxidation sites excluding steroid dienone is 1. The summed E-state index contributed by atoms with van der Waals surface area (Å²) in [6.45, 7) is 3.70. The fourth-order valence-electron chi connectivity index (χ4n) is 0.449. The Bertz CT molecular complexity index is 152. The fraction of sp³-hybridized carbons (Fsp3) is 0.375. The van der Waals surface area contributed by atoms with Crippen LogP contribution in [-0.2, 0) is 9.53 Å². The molecule has 0 spiro atoms. The van der Waals surface area contributed by atoms with Crippen LogP contribution in [0.3, 0.4) is 0 Å². The third kappa shape index (κ3) is 7.13. The number of rotatable bonds is 5. The van der Waals surface area contributed by atoms with Crippen LogP contribution in [0.2, 0.25) is 0 Å². The molecule has 0 saturated carbocycles. The molecule has 0 aliphatic carbocycles. The highest BCUT2D eigenvalue weighted by Gasteiger charge is 1.94. The van der Waals surface area contributed by atoms with E-state index < -0.39 is 0 Å². The number of carbonyl (C=O) groups excluding carboxylic acids is 1. The minimum Gasteiger partial charge on any atom is -0.461 e. The Morgan fingerprint density at radius 2 is 2.27 bits per heavy atom. The first-order valence-corrected chi connectivity index (χ1v) is 3.82. The Balaban J connectivity index is 3.30. The van der Waals surface area contributed by atoms with Gasteiger partial charge in [0.15, 0.2) is 0 Å². The van der Waals surface area contributed by atoms with Gasteiger partial charge in [-0.25, -0.2) is 0 Å². The molecule has 0 aromatic rings. The van der Waals surface area contributed by atoms with E-state index in [1.54, 1.807) is 12.2 Å². The number of esters is 1. The van der Waals surface area contributed by atoms with E-state index >= 15 is 0 Å². The lowest BCUT2D eigenvalue weighted by molar-refractivity contribution is -0.141. The molecule has 62 valence electrons. The zero-order chi connectivity index (χ0) is 8.53. The van der Waals surface area contributed by atoms with Gasteiger partial charge in [-0.2, -0.15) is 0 Å². The van der Waals surface area contributed by atoms with E-state index in [0.717, 1.165) is 0 Å². The molecule has 0 heterocycles. The molecular formula is C8H11ClO2. The maximum Gasteiger partial charge on any atom is 0.309 e. The van der Waals surface area contributed by atoms with Crippen molar-refractivity contribution in [1.29, 1.82) is 0 Å². The highest BCUT2D eigenvalue weighted by molar-refractivity contribution is 6.18. The summed E-state index contributed by atoms with van der Waals surface area (Å²) in [5.74, 6) is 0.179. The van der Waals surface area contributed by atoms with Gasteiger partial charge in [0.1, 0.15) is 6.61 Å². The van der Waals surface area contributed by atoms with Crippen molar-refractivity contribution in [2.75, 3.05) is 12.5 Å². The third-order valence-corrected chi connectivity index (χ3v) is 1.09. The molecule has 0 N–H and O–H groups in total. The van der Waals surface area contributed by atoms with E-state index in [9.17, 15) is 4.79 Å². The predicted octanol–water partition coefficient (Wildman–Crippen LogP) is 1.90. The lowest BCUT2D eigenvalue weighted by Gasteiger charge is -1.96. The van der Waals surface area contributed by atoms with Crippen molar-refractivity contribution in [1.82, 2.24) is 0 Å². The van der Waals surface area contributed by atoms with Crippen molar-refractivity contribution in [2.24, 2.45) is 0 Å². The summed E-state index contributed by atoms with van der Waals surface area (Å²) in [5, 5.41) is 0. The molecule has 3 heteroatoms. The molecule has 0 radical (unpaired) electrons. The topological polar surface area (TPSA) is 26.3 Å². The Morgan fingerprint density at radius 3 is 2.82 bits per heavy atom. The molecule has 0 aliphatic rings. The monoisotopic (exact) mass is 174 g/mol. The molecule has 0 aliphatic heterocycles. The number of carbonyl (C=O) groups is 1. The zero-order valence-corrected chi connectivity index (χ0v) is 7.01. The molecule has 0 unspecified atom stereocenters. The standard InChI is InChI=1S/C8H11ClO2/c1-2-5-8(10)11-7-4-3-6-9/h2-4H,1,5-7H2. The lowest BCUT2D eigenvalue weighted by atomic mass is 10.4. The molecule has 0 atom stereocenters. The van der Waals surface area contributed by atoms with Crippen LogP contribution in [0.1, 0.15) is 6.42 Å². The van der Waals surface area contributed by atoms with Crippen LogP contribution in [0.25, 0.3) is 0 Å². The average molecular weight is 175 g/mol. The number of halogens is 1. The number of ether oxygens (including phenoxy) is 1. The van der Waals surface area contributed by atoms with Crippen molar-refractivity contribution in [2.45, 2.75) is 6.42 Å². The molecule has 0 bridgehead atoms. The molecular weight excluding hydrogens is 164 g/mol. The van der Waals surface area contributed by atoms with Gasteiger partial charge in [0.25, 0.3) is 0 Å². The van der Waals surface area contributed by atoms with Crippen LogP contribution in [0, 0.1) is 0 Å². The molecule has 2 nitrogen and oxygen atoms in total. The first-order chi connectivity index (χ1) is 5.31. The molecule has 0 fully saturated rings. The third-order valence-electron chi connectivity index (χ3n) is 0.907. The van der Waals surface area contributed by atoms with Gasteiger partial charge >= 0.3 is 5.97 Å². The quantitative estimate of drug-likeness (QED) is 0.362. The molecule has 0 aromatic heterocycles. The normalized spacial score (nSPS) is 9.91. The van der Waals surface area contributed by atoms with Crippen molar-refractivity contribution in [3.05, 3.63) is 24.8 Å². The van der Waals surface area contributed by atoms with E-state index in [2.05, 4.69) is 6.58 Å². The summed E-state index contributed by atoms with van der Waals surface area (Å²) < 4.78 is 4.73. The van der Waals surface area contributed by atoms with E-state index in [-0.39, 0.29) is 12.4 Å². The Kier molecular flexibility index (Phi) is 6.84. The Morgan fingerprint density at radius 1 is 1.55 bits per heavy atom. The molecule has 0 aromatic carbocycles. The summed E-state index contributed by atoms with van der Waals surface area (Å²) in [6, 6.07) is 0. The molecule has 0 rings (SSSR count). The SMILES string of the molecule is C=CCC(=O)OCC=CCCl. The van der Waals surface area contributed by atoms with Crippen LogP contribution in [0.4, 0.5) is 0 Å². The minimum absolute atomic E-state index is 0.259. The summed E-state index contributed by atoms with van der Waals surface area (Å²) in [4.78, 5) is 10.6. The van der Waals surface area contributed by atoms with Crippen LogP contribution >= 0.6 is 11.6 Å². The van der Waals surface area contributed by atoms with Crippen LogP contribution in [-0.4, -0.2) is 18.5 Å². The first kappa shape index (κ1) is 10.2. The van der Waals surface area contributed by atoms with E-state index in [0.29, 0.717) is 12.5 Å². The van der Waals surface area contributed by atoms with Crippen LogP contribution < -0.4 is 0 Å². The van der Waals surface area contributed by atoms with Gasteiger partial charge in [-0.1, -0.05) is 18.2 Å². The van der Waals surface area contributed by atoms with Crippen molar-refractivity contribution in [3.63, 3.8) is 0 Å². The second kappa shape index (κ2) is 7.35. The second-order valence-corrected chi connectivity index (χ2v) is 2.11. The lowest BCUT2D eigenvalue weighted by Crippen LogP contribution is -2.02. The average Bonchev–Trinajstić information content (AvgIpc) is 1.99. The van der Waals surface area contributed by atoms with Crippen molar-refractivity contribution < 1.29 is 9.53 Å². The van der Waals surface area contributed by atoms with Crippen molar-refractivity contribution >= 4 is 17.6 Å². The van der Waals surface area contributed by atoms with Gasteiger partial charge in [-0.15, -0.1) is 18.2 Å². The van der Waals surface area contributed by atoms with Gasteiger partial charge in [0.2, 0.25) is 0 Å². The number of alkyl halides is 1. The summed E-state index contributed by atoms with van der Waals surface area (Å²) >= 11 is 5.33. The summed E-state index contributed by atoms with van der Waals surface area (Å²) in [6.07, 6.45) is 5.19. The van der Waals surface area contributed by atoms with Gasteiger partial charge in [0.05, 0.1) is 6.42 Å². The maximum atomic E-state index is 10.6. The minimum atomic E-state index is -0.265. The van der Waals surface area contributed by atoms with Gasteiger partial charge in [-0.05, 0) is 0 Å². The Labute approximate surface area is 71.5 Å². The second-order valence-electron chi connectivity index (χ2n) is 1.80. The molecule has 11 heavy (non-hydrogen) atoms. The van der Waals surface area contributed by atoms with E-state index in [4.69, 9.17) is 16.3 Å². The highest BCUT2D eigenvalue weighted by atomic mass is 35.5. The van der Waals surface area contributed by atoms with Gasteiger partial charge in [0, 0.05) is 5.88 Å². The van der Waals surface area contributed by atoms with Gasteiger partial charge in [-0.3, -0.25) is 4.79 Å². The van der Waals surface area contributed by atoms with Crippen LogP contribution in [0.5, 0.6) is 0 Å². The number of hydrogen-bond donors (Lipinski definition) is 0. The fourth-order valence-corrected chi connectivity index (χ4v) is 0.575. The highest BCUT2D eigenvalue weighted by Crippen LogP contribution is 1.87. The van der Waals surface area contributed by atoms with Crippen LogP contribution in [0.15, 0.2) is 24.8 Å². The molecule has 0 amide bonds. The number of hydrogen-bond acceptors (Lipinski definition) is 2. The van der Waals surface area contributed by atoms with Crippen molar-refractivity contribution in [3.8, 4) is 0 Å². The Hall–Kier alpha value is -0.760. The maximum absolute atomic E-state index is 10.6. The largest absolute Gasteiger partial charge is 0.461 e. The predicted molar refractivity (Wildman–Crippen MR) is 45.6 cm³/mol. The molecule has 0 saturated heterocycles.